The summed E-state index contributed by atoms with van der Waals surface area (Å²) in [6.45, 7) is 2.85. The summed E-state index contributed by atoms with van der Waals surface area (Å²) in [4.78, 5) is 13.3. The second kappa shape index (κ2) is 7.78. The molecule has 0 radical (unpaired) electrons. The average Bonchev–Trinajstić information content (AvgIpc) is 3.23. The quantitative estimate of drug-likeness (QED) is 0.491. The van der Waals surface area contributed by atoms with Gasteiger partial charge in [-0.15, -0.1) is 11.3 Å². The molecule has 0 atom stereocenters. The molecule has 5 rings (SSSR count). The van der Waals surface area contributed by atoms with Gasteiger partial charge in [0.1, 0.15) is 0 Å². The molecular weight excluding hydrogens is 376 g/mol. The number of anilines is 1. The first-order valence-corrected chi connectivity index (χ1v) is 10.7. The summed E-state index contributed by atoms with van der Waals surface area (Å²) in [6.07, 6.45) is 2.98. The van der Waals surface area contributed by atoms with Crippen molar-refractivity contribution >= 4 is 17.0 Å². The Morgan fingerprint density at radius 2 is 1.79 bits per heavy atom. The highest BCUT2D eigenvalue weighted by Gasteiger charge is 2.19. The van der Waals surface area contributed by atoms with Crippen LogP contribution in [0.1, 0.15) is 16.1 Å². The minimum atomic E-state index is 0.753. The number of rotatable bonds is 4. The SMILES string of the molecule is Nc1ccc(-c2ncc3c(n2)CN(Cc2cc(-c4ccccc4)cs2)CC3)cc1. The molecule has 2 aromatic heterocycles. The number of fused-ring (bicyclic) bond motifs is 1. The molecule has 2 aromatic carbocycles. The highest BCUT2D eigenvalue weighted by molar-refractivity contribution is 7.10. The van der Waals surface area contributed by atoms with E-state index in [1.54, 1.807) is 0 Å². The molecule has 0 amide bonds. The Morgan fingerprint density at radius 1 is 0.966 bits per heavy atom. The standard InChI is InChI=1S/C24H22N4S/c25-21-8-6-18(7-9-21)24-26-13-19-10-11-28(15-23(19)27-24)14-22-12-20(16-29-22)17-4-2-1-3-5-17/h1-9,12-13,16H,10-11,14-15,25H2. The van der Waals surface area contributed by atoms with Gasteiger partial charge in [-0.05, 0) is 58.8 Å². The highest BCUT2D eigenvalue weighted by Crippen LogP contribution is 2.28. The van der Waals surface area contributed by atoms with Crippen molar-refractivity contribution in [2.45, 2.75) is 19.5 Å². The van der Waals surface area contributed by atoms with Crippen LogP contribution in [-0.4, -0.2) is 21.4 Å². The van der Waals surface area contributed by atoms with Crippen LogP contribution in [0.15, 0.2) is 72.2 Å². The van der Waals surface area contributed by atoms with Crippen LogP contribution in [0.25, 0.3) is 22.5 Å². The number of aromatic nitrogens is 2. The zero-order valence-corrected chi connectivity index (χ0v) is 16.9. The number of nitrogen functional groups attached to an aromatic ring is 1. The molecule has 0 spiro atoms. The molecule has 0 saturated carbocycles. The molecule has 5 heteroatoms. The van der Waals surface area contributed by atoms with Gasteiger partial charge in [0.15, 0.2) is 5.82 Å². The van der Waals surface area contributed by atoms with Gasteiger partial charge in [0.2, 0.25) is 0 Å². The first-order chi connectivity index (χ1) is 14.2. The summed E-state index contributed by atoms with van der Waals surface area (Å²) in [6, 6.07) is 20.6. The summed E-state index contributed by atoms with van der Waals surface area (Å²) < 4.78 is 0. The number of hydrogen-bond acceptors (Lipinski definition) is 5. The minimum absolute atomic E-state index is 0.753. The molecule has 3 heterocycles. The van der Waals surface area contributed by atoms with E-state index in [2.05, 4.69) is 51.7 Å². The maximum absolute atomic E-state index is 5.80. The molecule has 29 heavy (non-hydrogen) atoms. The van der Waals surface area contributed by atoms with Crippen molar-refractivity contribution in [1.29, 1.82) is 0 Å². The third-order valence-corrected chi connectivity index (χ3v) is 6.26. The van der Waals surface area contributed by atoms with Crippen LogP contribution in [-0.2, 0) is 19.5 Å². The van der Waals surface area contributed by atoms with Crippen molar-refractivity contribution in [2.75, 3.05) is 12.3 Å². The van der Waals surface area contributed by atoms with Gasteiger partial charge in [-0.25, -0.2) is 9.97 Å². The summed E-state index contributed by atoms with van der Waals surface area (Å²) in [7, 11) is 0. The molecule has 2 N–H and O–H groups in total. The van der Waals surface area contributed by atoms with E-state index in [0.29, 0.717) is 0 Å². The fourth-order valence-electron chi connectivity index (χ4n) is 3.73. The first kappa shape index (κ1) is 18.0. The van der Waals surface area contributed by atoms with Crippen LogP contribution in [0.3, 0.4) is 0 Å². The van der Waals surface area contributed by atoms with Crippen LogP contribution < -0.4 is 5.73 Å². The van der Waals surface area contributed by atoms with Crippen molar-refractivity contribution in [2.24, 2.45) is 0 Å². The number of nitrogens with two attached hydrogens (primary N) is 1. The Hall–Kier alpha value is -3.02. The third kappa shape index (κ3) is 3.92. The lowest BCUT2D eigenvalue weighted by Gasteiger charge is -2.27. The molecule has 0 unspecified atom stereocenters. The lowest BCUT2D eigenvalue weighted by atomic mass is 10.1. The third-order valence-electron chi connectivity index (χ3n) is 5.33. The van der Waals surface area contributed by atoms with E-state index in [9.17, 15) is 0 Å². The van der Waals surface area contributed by atoms with E-state index in [4.69, 9.17) is 10.7 Å². The van der Waals surface area contributed by atoms with Crippen molar-refractivity contribution in [3.05, 3.63) is 88.4 Å². The molecule has 0 aliphatic carbocycles. The summed E-state index contributed by atoms with van der Waals surface area (Å²) in [5.41, 5.74) is 12.5. The van der Waals surface area contributed by atoms with Crippen LogP contribution in [0, 0.1) is 0 Å². The van der Waals surface area contributed by atoms with E-state index < -0.39 is 0 Å². The van der Waals surface area contributed by atoms with E-state index in [1.165, 1.54) is 21.6 Å². The number of hydrogen-bond donors (Lipinski definition) is 1. The molecule has 4 aromatic rings. The zero-order chi connectivity index (χ0) is 19.6. The van der Waals surface area contributed by atoms with Crippen molar-refractivity contribution in [3.63, 3.8) is 0 Å². The largest absolute Gasteiger partial charge is 0.399 e. The Bertz CT molecular complexity index is 1120. The van der Waals surface area contributed by atoms with Crippen molar-refractivity contribution < 1.29 is 0 Å². The van der Waals surface area contributed by atoms with Gasteiger partial charge < -0.3 is 5.73 Å². The molecule has 144 valence electrons. The van der Waals surface area contributed by atoms with Crippen molar-refractivity contribution in [3.8, 4) is 22.5 Å². The monoisotopic (exact) mass is 398 g/mol. The zero-order valence-electron chi connectivity index (χ0n) is 16.1. The minimum Gasteiger partial charge on any atom is -0.399 e. The lowest BCUT2D eigenvalue weighted by molar-refractivity contribution is 0.243. The predicted octanol–water partition coefficient (Wildman–Crippen LogP) is 5.01. The highest BCUT2D eigenvalue weighted by atomic mass is 32.1. The summed E-state index contributed by atoms with van der Waals surface area (Å²) >= 11 is 1.83. The van der Waals surface area contributed by atoms with E-state index in [0.717, 1.165) is 48.8 Å². The van der Waals surface area contributed by atoms with Crippen LogP contribution in [0.5, 0.6) is 0 Å². The van der Waals surface area contributed by atoms with Crippen LogP contribution in [0.2, 0.25) is 0 Å². The van der Waals surface area contributed by atoms with Gasteiger partial charge in [0.05, 0.1) is 5.69 Å². The number of benzene rings is 2. The van der Waals surface area contributed by atoms with E-state index in [-0.39, 0.29) is 0 Å². The van der Waals surface area contributed by atoms with Crippen LogP contribution >= 0.6 is 11.3 Å². The Labute approximate surface area is 174 Å². The smallest absolute Gasteiger partial charge is 0.159 e. The maximum atomic E-state index is 5.80. The van der Waals surface area contributed by atoms with Gasteiger partial charge in [0.25, 0.3) is 0 Å². The Morgan fingerprint density at radius 3 is 2.62 bits per heavy atom. The normalized spacial score (nSPS) is 13.9. The topological polar surface area (TPSA) is 55.0 Å². The molecule has 0 fully saturated rings. The van der Waals surface area contributed by atoms with Crippen LogP contribution in [0.4, 0.5) is 5.69 Å². The molecular formula is C24H22N4S. The summed E-state index contributed by atoms with van der Waals surface area (Å²) in [5.74, 6) is 0.771. The Balaban J connectivity index is 1.32. The average molecular weight is 399 g/mol. The van der Waals surface area contributed by atoms with Gasteiger partial charge in [-0.2, -0.15) is 0 Å². The van der Waals surface area contributed by atoms with E-state index >= 15 is 0 Å². The number of thiophene rings is 1. The molecule has 1 aliphatic rings. The summed E-state index contributed by atoms with van der Waals surface area (Å²) in [5, 5.41) is 2.25. The lowest BCUT2D eigenvalue weighted by Crippen LogP contribution is -2.30. The van der Waals surface area contributed by atoms with Gasteiger partial charge in [-0.1, -0.05) is 30.3 Å². The van der Waals surface area contributed by atoms with Crippen molar-refractivity contribution in [1.82, 2.24) is 14.9 Å². The van der Waals surface area contributed by atoms with Gasteiger partial charge in [0, 0.05) is 42.0 Å². The second-order valence-corrected chi connectivity index (χ2v) is 8.41. The Kier molecular flexibility index (Phi) is 4.84. The predicted molar refractivity (Wildman–Crippen MR) is 119 cm³/mol. The first-order valence-electron chi connectivity index (χ1n) is 9.80. The molecule has 0 bridgehead atoms. The molecule has 4 nitrogen and oxygen atoms in total. The molecule has 1 aliphatic heterocycles. The van der Waals surface area contributed by atoms with E-state index in [1.807, 2.05) is 41.8 Å². The van der Waals surface area contributed by atoms with Gasteiger partial charge >= 0.3 is 0 Å². The fraction of sp³-hybridized carbons (Fsp3) is 0.167. The number of nitrogens with zero attached hydrogens (tertiary/aromatic N) is 3. The molecule has 0 saturated heterocycles. The second-order valence-electron chi connectivity index (χ2n) is 7.42. The maximum Gasteiger partial charge on any atom is 0.159 e. The fourth-order valence-corrected chi connectivity index (χ4v) is 4.66. The van der Waals surface area contributed by atoms with Gasteiger partial charge in [-0.3, -0.25) is 4.90 Å².